The second-order valence-electron chi connectivity index (χ2n) is 3.22. The minimum Gasteiger partial charge on any atom is -0.462 e. The van der Waals surface area contributed by atoms with Crippen LogP contribution >= 0.6 is 0 Å². The molecule has 0 aliphatic carbocycles. The minimum absolute atomic E-state index is 0.0168. The number of halogens is 2. The third kappa shape index (κ3) is 2.82. The average molecular weight is 258 g/mol. The molecule has 0 aromatic heterocycles. The van der Waals surface area contributed by atoms with Crippen molar-refractivity contribution in [3.05, 3.63) is 34.9 Å². The Morgan fingerprint density at radius 1 is 0.944 bits per heavy atom. The van der Waals surface area contributed by atoms with E-state index in [2.05, 4.69) is 9.47 Å². The Bertz CT molecular complexity index is 428. The number of carbonyl (C=O) groups is 2. The summed E-state index contributed by atoms with van der Waals surface area (Å²) in [7, 11) is 0. The molecule has 0 amide bonds. The van der Waals surface area contributed by atoms with Crippen LogP contribution in [0, 0.1) is 11.6 Å². The lowest BCUT2D eigenvalue weighted by atomic mass is 10.1. The molecule has 0 aliphatic heterocycles. The van der Waals surface area contributed by atoms with E-state index in [0.717, 1.165) is 12.1 Å². The molecule has 4 nitrogen and oxygen atoms in total. The van der Waals surface area contributed by atoms with Gasteiger partial charge in [-0.05, 0) is 26.0 Å². The summed E-state index contributed by atoms with van der Waals surface area (Å²) in [5.41, 5.74) is -1.48. The normalized spacial score (nSPS) is 10.0. The van der Waals surface area contributed by atoms with E-state index in [0.29, 0.717) is 0 Å². The number of benzene rings is 1. The summed E-state index contributed by atoms with van der Waals surface area (Å²) in [4.78, 5) is 23.0. The van der Waals surface area contributed by atoms with E-state index in [1.165, 1.54) is 13.8 Å². The van der Waals surface area contributed by atoms with Gasteiger partial charge < -0.3 is 9.47 Å². The zero-order chi connectivity index (χ0) is 13.7. The van der Waals surface area contributed by atoms with E-state index in [9.17, 15) is 18.4 Å². The summed E-state index contributed by atoms with van der Waals surface area (Å²) in [6.07, 6.45) is 0. The van der Waals surface area contributed by atoms with Crippen molar-refractivity contribution >= 4 is 11.9 Å². The van der Waals surface area contributed by atoms with Crippen LogP contribution in [0.3, 0.4) is 0 Å². The van der Waals surface area contributed by atoms with Gasteiger partial charge in [-0.2, -0.15) is 0 Å². The maximum Gasteiger partial charge on any atom is 0.342 e. The Balaban J connectivity index is 3.33. The van der Waals surface area contributed by atoms with Gasteiger partial charge in [0.2, 0.25) is 0 Å². The molecule has 98 valence electrons. The molecular weight excluding hydrogens is 246 g/mol. The molecular formula is C12H12F2O4. The quantitative estimate of drug-likeness (QED) is 0.778. The highest BCUT2D eigenvalue weighted by atomic mass is 19.1. The van der Waals surface area contributed by atoms with Crippen molar-refractivity contribution in [2.45, 2.75) is 13.8 Å². The Labute approximate surface area is 103 Å². The van der Waals surface area contributed by atoms with E-state index >= 15 is 0 Å². The lowest BCUT2D eigenvalue weighted by molar-refractivity contribution is 0.0469. The molecule has 0 fully saturated rings. The Kier molecular flexibility index (Phi) is 4.76. The first-order valence-electron chi connectivity index (χ1n) is 5.35. The molecule has 0 bridgehead atoms. The smallest absolute Gasteiger partial charge is 0.342 e. The Morgan fingerprint density at radius 2 is 1.28 bits per heavy atom. The monoisotopic (exact) mass is 258 g/mol. The average Bonchev–Trinajstić information content (AvgIpc) is 2.32. The van der Waals surface area contributed by atoms with E-state index in [1.807, 2.05) is 0 Å². The molecule has 0 spiro atoms. The van der Waals surface area contributed by atoms with Crippen LogP contribution in [-0.4, -0.2) is 25.2 Å². The number of carbonyl (C=O) groups excluding carboxylic acids is 2. The number of esters is 2. The molecule has 1 aromatic rings. The van der Waals surface area contributed by atoms with Crippen LogP contribution in [0.1, 0.15) is 34.6 Å². The molecule has 0 radical (unpaired) electrons. The molecule has 18 heavy (non-hydrogen) atoms. The maximum atomic E-state index is 13.5. The van der Waals surface area contributed by atoms with Crippen LogP contribution in [0.25, 0.3) is 0 Å². The predicted octanol–water partition coefficient (Wildman–Crippen LogP) is 2.32. The number of hydrogen-bond donors (Lipinski definition) is 0. The molecule has 0 atom stereocenters. The first-order chi connectivity index (χ1) is 8.52. The predicted molar refractivity (Wildman–Crippen MR) is 58.3 cm³/mol. The van der Waals surface area contributed by atoms with Crippen molar-refractivity contribution in [3.63, 3.8) is 0 Å². The maximum absolute atomic E-state index is 13.5. The molecule has 0 heterocycles. The zero-order valence-corrected chi connectivity index (χ0v) is 9.96. The third-order valence-electron chi connectivity index (χ3n) is 2.06. The Morgan fingerprint density at radius 3 is 1.56 bits per heavy atom. The highest BCUT2D eigenvalue weighted by molar-refractivity contribution is 6.03. The third-order valence-corrected chi connectivity index (χ3v) is 2.06. The van der Waals surface area contributed by atoms with Crippen molar-refractivity contribution in [2.24, 2.45) is 0 Å². The van der Waals surface area contributed by atoms with Gasteiger partial charge in [-0.15, -0.1) is 0 Å². The lowest BCUT2D eigenvalue weighted by Gasteiger charge is -2.09. The van der Waals surface area contributed by atoms with Crippen LogP contribution in [0.4, 0.5) is 8.78 Å². The van der Waals surface area contributed by atoms with Gasteiger partial charge in [0.1, 0.15) is 22.8 Å². The number of ether oxygens (including phenoxy) is 2. The number of hydrogen-bond acceptors (Lipinski definition) is 4. The summed E-state index contributed by atoms with van der Waals surface area (Å²) < 4.78 is 36.2. The molecule has 1 aromatic carbocycles. The van der Waals surface area contributed by atoms with Crippen molar-refractivity contribution in [1.82, 2.24) is 0 Å². The zero-order valence-electron chi connectivity index (χ0n) is 9.96. The van der Waals surface area contributed by atoms with Gasteiger partial charge in [-0.25, -0.2) is 18.4 Å². The van der Waals surface area contributed by atoms with Gasteiger partial charge >= 0.3 is 11.9 Å². The first kappa shape index (κ1) is 14.1. The molecule has 0 saturated carbocycles. The molecule has 0 N–H and O–H groups in total. The highest BCUT2D eigenvalue weighted by Crippen LogP contribution is 2.20. The molecule has 0 unspecified atom stereocenters. The molecule has 0 saturated heterocycles. The molecule has 1 rings (SSSR count). The fraction of sp³-hybridized carbons (Fsp3) is 0.333. The van der Waals surface area contributed by atoms with Gasteiger partial charge in [0.25, 0.3) is 0 Å². The summed E-state index contributed by atoms with van der Waals surface area (Å²) >= 11 is 0. The summed E-state index contributed by atoms with van der Waals surface area (Å²) in [6, 6.07) is 1.51. The first-order valence-corrected chi connectivity index (χ1v) is 5.35. The van der Waals surface area contributed by atoms with E-state index < -0.39 is 34.7 Å². The van der Waals surface area contributed by atoms with Crippen LogP contribution in [0.5, 0.6) is 0 Å². The second-order valence-corrected chi connectivity index (χ2v) is 3.22. The summed E-state index contributed by atoms with van der Waals surface area (Å²) in [5.74, 6) is -4.26. The summed E-state index contributed by atoms with van der Waals surface area (Å²) in [5, 5.41) is 0. The SMILES string of the molecule is CCOC(=O)c1c(F)ccc(F)c1C(=O)OCC. The van der Waals surface area contributed by atoms with Crippen molar-refractivity contribution in [1.29, 1.82) is 0 Å². The van der Waals surface area contributed by atoms with Crippen LogP contribution in [0.2, 0.25) is 0 Å². The lowest BCUT2D eigenvalue weighted by Crippen LogP contribution is -2.18. The van der Waals surface area contributed by atoms with Gasteiger partial charge in [0.15, 0.2) is 0 Å². The van der Waals surface area contributed by atoms with E-state index in [1.54, 1.807) is 0 Å². The van der Waals surface area contributed by atoms with Crippen LogP contribution < -0.4 is 0 Å². The number of rotatable bonds is 4. The van der Waals surface area contributed by atoms with Crippen LogP contribution in [0.15, 0.2) is 12.1 Å². The van der Waals surface area contributed by atoms with Gasteiger partial charge in [0.05, 0.1) is 13.2 Å². The largest absolute Gasteiger partial charge is 0.462 e. The van der Waals surface area contributed by atoms with Gasteiger partial charge in [0, 0.05) is 0 Å². The standard InChI is InChI=1S/C12H12F2O4/c1-3-17-11(15)9-7(13)5-6-8(14)10(9)12(16)18-4-2/h5-6H,3-4H2,1-2H3. The van der Waals surface area contributed by atoms with Crippen molar-refractivity contribution < 1.29 is 27.8 Å². The Hall–Kier alpha value is -1.98. The van der Waals surface area contributed by atoms with Crippen LogP contribution in [-0.2, 0) is 9.47 Å². The van der Waals surface area contributed by atoms with Crippen molar-refractivity contribution in [3.8, 4) is 0 Å². The van der Waals surface area contributed by atoms with E-state index in [-0.39, 0.29) is 13.2 Å². The van der Waals surface area contributed by atoms with Gasteiger partial charge in [-0.1, -0.05) is 0 Å². The highest BCUT2D eigenvalue weighted by Gasteiger charge is 2.27. The second kappa shape index (κ2) is 6.09. The molecule has 6 heteroatoms. The fourth-order valence-electron chi connectivity index (χ4n) is 1.36. The molecule has 0 aliphatic rings. The van der Waals surface area contributed by atoms with E-state index in [4.69, 9.17) is 0 Å². The summed E-state index contributed by atoms with van der Waals surface area (Å²) in [6.45, 7) is 2.99. The fourth-order valence-corrected chi connectivity index (χ4v) is 1.36. The van der Waals surface area contributed by atoms with Gasteiger partial charge in [-0.3, -0.25) is 0 Å². The topological polar surface area (TPSA) is 52.6 Å². The van der Waals surface area contributed by atoms with Crippen molar-refractivity contribution in [2.75, 3.05) is 13.2 Å². The minimum atomic E-state index is -1.10.